The summed E-state index contributed by atoms with van der Waals surface area (Å²) in [6, 6.07) is 61.1. The molecular weight excluding hydrogens is 639 g/mol. The molecule has 0 bridgehead atoms. The Balaban J connectivity index is 1.13. The van der Waals surface area contributed by atoms with Gasteiger partial charge in [-0.2, -0.15) is 0 Å². The molecule has 0 fully saturated rings. The molecule has 8 aromatic carbocycles. The second kappa shape index (κ2) is 11.2. The van der Waals surface area contributed by atoms with Crippen LogP contribution in [0.15, 0.2) is 189 Å². The van der Waals surface area contributed by atoms with E-state index in [1.807, 2.05) is 18.2 Å². The first-order chi connectivity index (χ1) is 25.8. The number of hydrogen-bond donors (Lipinski definition) is 0. The third-order valence-corrected chi connectivity index (χ3v) is 10.3. The summed E-state index contributed by atoms with van der Waals surface area (Å²) in [4.78, 5) is 2.31. The first kappa shape index (κ1) is 28.8. The molecule has 0 aliphatic heterocycles. The highest BCUT2D eigenvalue weighted by molar-refractivity contribution is 6.20. The Morgan fingerprint density at radius 3 is 1.63 bits per heavy atom. The molecular formula is C48H29NO3. The zero-order chi connectivity index (χ0) is 34.2. The number of benzene rings is 8. The molecule has 0 aliphatic carbocycles. The van der Waals surface area contributed by atoms with Gasteiger partial charge in [0.05, 0.1) is 11.1 Å². The van der Waals surface area contributed by atoms with Crippen molar-refractivity contribution in [3.63, 3.8) is 0 Å². The third kappa shape index (κ3) is 4.28. The van der Waals surface area contributed by atoms with Crippen LogP contribution in [0.2, 0.25) is 0 Å². The van der Waals surface area contributed by atoms with Crippen molar-refractivity contribution in [1.29, 1.82) is 0 Å². The molecule has 0 unspecified atom stereocenters. The van der Waals surface area contributed by atoms with Crippen LogP contribution in [0.1, 0.15) is 0 Å². The van der Waals surface area contributed by atoms with Crippen LogP contribution in [-0.4, -0.2) is 0 Å². The van der Waals surface area contributed by atoms with Crippen molar-refractivity contribution in [2.75, 3.05) is 4.90 Å². The van der Waals surface area contributed by atoms with E-state index in [0.717, 1.165) is 105 Å². The lowest BCUT2D eigenvalue weighted by atomic mass is 9.95. The Bertz CT molecular complexity index is 3090. The van der Waals surface area contributed by atoms with Gasteiger partial charge >= 0.3 is 0 Å². The molecule has 0 atom stereocenters. The Morgan fingerprint density at radius 2 is 0.865 bits per heavy atom. The lowest BCUT2D eigenvalue weighted by Gasteiger charge is -2.26. The number of furan rings is 3. The molecule has 11 rings (SSSR count). The topological polar surface area (TPSA) is 42.7 Å². The van der Waals surface area contributed by atoms with Gasteiger partial charge in [0.15, 0.2) is 0 Å². The first-order valence-corrected chi connectivity index (χ1v) is 17.5. The molecule has 0 amide bonds. The van der Waals surface area contributed by atoms with Crippen LogP contribution >= 0.6 is 0 Å². The van der Waals surface area contributed by atoms with Crippen molar-refractivity contribution >= 4 is 82.9 Å². The maximum absolute atomic E-state index is 6.77. The molecule has 0 aliphatic rings. The van der Waals surface area contributed by atoms with Gasteiger partial charge in [0, 0.05) is 43.9 Å². The minimum Gasteiger partial charge on any atom is -0.456 e. The van der Waals surface area contributed by atoms with Crippen molar-refractivity contribution in [2.45, 2.75) is 0 Å². The van der Waals surface area contributed by atoms with Crippen molar-refractivity contribution in [3.05, 3.63) is 176 Å². The quantitative estimate of drug-likeness (QED) is 0.183. The van der Waals surface area contributed by atoms with E-state index in [-0.39, 0.29) is 0 Å². The molecule has 4 nitrogen and oxygen atoms in total. The van der Waals surface area contributed by atoms with Gasteiger partial charge in [0.2, 0.25) is 0 Å². The lowest BCUT2D eigenvalue weighted by molar-refractivity contribution is 0.668. The smallest absolute Gasteiger partial charge is 0.143 e. The van der Waals surface area contributed by atoms with Gasteiger partial charge in [-0.15, -0.1) is 0 Å². The zero-order valence-corrected chi connectivity index (χ0v) is 27.9. The van der Waals surface area contributed by atoms with Crippen LogP contribution in [0.25, 0.3) is 88.1 Å². The monoisotopic (exact) mass is 667 g/mol. The van der Waals surface area contributed by atoms with E-state index in [4.69, 9.17) is 13.3 Å². The number of hydrogen-bond acceptors (Lipinski definition) is 4. The molecule has 52 heavy (non-hydrogen) atoms. The van der Waals surface area contributed by atoms with E-state index in [0.29, 0.717) is 0 Å². The maximum Gasteiger partial charge on any atom is 0.143 e. The molecule has 244 valence electrons. The van der Waals surface area contributed by atoms with Gasteiger partial charge in [0.1, 0.15) is 33.5 Å². The first-order valence-electron chi connectivity index (χ1n) is 17.5. The number of nitrogens with zero attached hydrogens (tertiary/aromatic N) is 1. The molecule has 0 spiro atoms. The van der Waals surface area contributed by atoms with Gasteiger partial charge in [0.25, 0.3) is 0 Å². The minimum absolute atomic E-state index is 0.846. The molecule has 4 heteroatoms. The van der Waals surface area contributed by atoms with Gasteiger partial charge < -0.3 is 18.2 Å². The molecule has 11 aromatic rings. The summed E-state index contributed by atoms with van der Waals surface area (Å²) in [7, 11) is 0. The summed E-state index contributed by atoms with van der Waals surface area (Å²) in [6.45, 7) is 0. The van der Waals surface area contributed by atoms with Crippen LogP contribution < -0.4 is 4.90 Å². The predicted molar refractivity (Wildman–Crippen MR) is 214 cm³/mol. The maximum atomic E-state index is 6.77. The Morgan fingerprint density at radius 1 is 0.327 bits per heavy atom. The van der Waals surface area contributed by atoms with Gasteiger partial charge in [-0.1, -0.05) is 109 Å². The summed E-state index contributed by atoms with van der Waals surface area (Å²) < 4.78 is 19.5. The predicted octanol–water partition coefficient (Wildman–Crippen LogP) is 14.2. The molecule has 3 heterocycles. The molecule has 0 saturated heterocycles. The van der Waals surface area contributed by atoms with Crippen LogP contribution in [0.3, 0.4) is 0 Å². The van der Waals surface area contributed by atoms with Crippen molar-refractivity contribution < 1.29 is 13.3 Å². The van der Waals surface area contributed by atoms with E-state index >= 15 is 0 Å². The highest BCUT2D eigenvalue weighted by atomic mass is 16.3. The van der Waals surface area contributed by atoms with E-state index in [2.05, 4.69) is 163 Å². The van der Waals surface area contributed by atoms with Crippen LogP contribution in [-0.2, 0) is 0 Å². The second-order valence-electron chi connectivity index (χ2n) is 13.2. The second-order valence-corrected chi connectivity index (χ2v) is 13.2. The summed E-state index contributed by atoms with van der Waals surface area (Å²) in [5.41, 5.74) is 12.7. The molecule has 3 aromatic heterocycles. The van der Waals surface area contributed by atoms with Crippen LogP contribution in [0, 0.1) is 0 Å². The van der Waals surface area contributed by atoms with Crippen molar-refractivity contribution in [2.24, 2.45) is 0 Å². The standard InChI is InChI=1S/C48H29NO3/c1-3-13-31(14-4-1)49(32-15-5-2-6-16-32)39-22-12-26-44-47(39)38-29-30(27-28-41(38)51-44)33-18-10-25-43-45(33)37-21-9-20-35(48(37)52-43)34-19-11-24-42-46(34)36-17-7-8-23-40(36)50-42/h1-29H. The van der Waals surface area contributed by atoms with Gasteiger partial charge in [-0.25, -0.2) is 0 Å². The summed E-state index contributed by atoms with van der Waals surface area (Å²) >= 11 is 0. The summed E-state index contributed by atoms with van der Waals surface area (Å²) in [5.74, 6) is 0. The minimum atomic E-state index is 0.846. The average molecular weight is 668 g/mol. The number of fused-ring (bicyclic) bond motifs is 9. The fourth-order valence-electron chi connectivity index (χ4n) is 8.04. The fraction of sp³-hybridized carbons (Fsp3) is 0. The van der Waals surface area contributed by atoms with E-state index in [1.165, 1.54) is 0 Å². The summed E-state index contributed by atoms with van der Waals surface area (Å²) in [5, 5.41) is 6.48. The van der Waals surface area contributed by atoms with Gasteiger partial charge in [-0.3, -0.25) is 0 Å². The summed E-state index contributed by atoms with van der Waals surface area (Å²) in [6.07, 6.45) is 0. The molecule has 0 N–H and O–H groups in total. The lowest BCUT2D eigenvalue weighted by Crippen LogP contribution is -2.09. The Kier molecular flexibility index (Phi) is 6.22. The van der Waals surface area contributed by atoms with E-state index in [1.54, 1.807) is 0 Å². The molecule has 0 saturated carbocycles. The van der Waals surface area contributed by atoms with E-state index in [9.17, 15) is 0 Å². The SMILES string of the molecule is c1ccc(N(c2ccccc2)c2cccc3oc4ccc(-c5cccc6oc7c(-c8cccc9oc%10ccccc%10c89)cccc7c56)cc4c23)cc1. The van der Waals surface area contributed by atoms with Crippen LogP contribution in [0.4, 0.5) is 17.1 Å². The van der Waals surface area contributed by atoms with Crippen molar-refractivity contribution in [3.8, 4) is 22.3 Å². The number of para-hydroxylation sites is 4. The highest BCUT2D eigenvalue weighted by Crippen LogP contribution is 2.46. The number of anilines is 3. The molecule has 0 radical (unpaired) electrons. The Hall–Kier alpha value is -7.04. The highest BCUT2D eigenvalue weighted by Gasteiger charge is 2.22. The average Bonchev–Trinajstić information content (AvgIpc) is 3.90. The fourth-order valence-corrected chi connectivity index (χ4v) is 8.04. The van der Waals surface area contributed by atoms with Gasteiger partial charge in [-0.05, 0) is 83.4 Å². The van der Waals surface area contributed by atoms with Crippen molar-refractivity contribution in [1.82, 2.24) is 0 Å². The van der Waals surface area contributed by atoms with Crippen LogP contribution in [0.5, 0.6) is 0 Å². The number of rotatable bonds is 5. The zero-order valence-electron chi connectivity index (χ0n) is 27.9. The Labute approximate surface area is 298 Å². The normalized spacial score (nSPS) is 11.8. The van der Waals surface area contributed by atoms with E-state index < -0.39 is 0 Å². The third-order valence-electron chi connectivity index (χ3n) is 10.3. The largest absolute Gasteiger partial charge is 0.456 e.